The molecule has 0 spiro atoms. The van der Waals surface area contributed by atoms with Gasteiger partial charge in [-0.05, 0) is 18.6 Å². The molecule has 2 aromatic rings. The van der Waals surface area contributed by atoms with Crippen LogP contribution in [-0.2, 0) is 6.54 Å². The highest BCUT2D eigenvalue weighted by Gasteiger charge is 2.26. The van der Waals surface area contributed by atoms with Crippen molar-refractivity contribution in [1.82, 2.24) is 15.1 Å². The molecular formula is C18H20F2N6O. The Morgan fingerprint density at radius 2 is 2.15 bits per heavy atom. The van der Waals surface area contributed by atoms with Crippen LogP contribution in [0.4, 0.5) is 25.1 Å². The molecule has 1 aliphatic heterocycles. The van der Waals surface area contributed by atoms with Crippen molar-refractivity contribution in [3.8, 4) is 6.07 Å². The monoisotopic (exact) mass is 374 g/mol. The van der Waals surface area contributed by atoms with E-state index in [2.05, 4.69) is 20.6 Å². The molecular weight excluding hydrogens is 354 g/mol. The number of aromatic nitrogens is 2. The van der Waals surface area contributed by atoms with Crippen LogP contribution in [0.2, 0.25) is 0 Å². The highest BCUT2D eigenvalue weighted by molar-refractivity contribution is 5.89. The van der Waals surface area contributed by atoms with Crippen LogP contribution in [0.5, 0.6) is 0 Å². The number of hydrogen-bond acceptors (Lipinski definition) is 4. The minimum atomic E-state index is -2.97. The molecule has 7 nitrogen and oxygen atoms in total. The largest absolute Gasteiger partial charge is 0.369 e. The SMILES string of the molecule is CC(F)(F)Cn1cc(C#N)c(NC(=O)NC2CCN(c3ccccc3)C2)n1. The Morgan fingerprint density at radius 3 is 2.81 bits per heavy atom. The van der Waals surface area contributed by atoms with E-state index < -0.39 is 18.5 Å². The van der Waals surface area contributed by atoms with Gasteiger partial charge in [-0.2, -0.15) is 10.4 Å². The number of carbonyl (C=O) groups excluding carboxylic acids is 1. The van der Waals surface area contributed by atoms with E-state index in [1.807, 2.05) is 36.4 Å². The van der Waals surface area contributed by atoms with Gasteiger partial charge in [0.2, 0.25) is 0 Å². The number of benzene rings is 1. The summed E-state index contributed by atoms with van der Waals surface area (Å²) in [6.45, 7) is 1.58. The third-order valence-corrected chi connectivity index (χ3v) is 4.20. The zero-order chi connectivity index (χ0) is 19.4. The number of nitrogens with zero attached hydrogens (tertiary/aromatic N) is 4. The summed E-state index contributed by atoms with van der Waals surface area (Å²) in [6.07, 6.45) is 1.98. The van der Waals surface area contributed by atoms with Gasteiger partial charge < -0.3 is 10.2 Å². The fraction of sp³-hybridized carbons (Fsp3) is 0.389. The van der Waals surface area contributed by atoms with Crippen LogP contribution in [0.1, 0.15) is 18.9 Å². The first kappa shape index (κ1) is 18.6. The lowest BCUT2D eigenvalue weighted by molar-refractivity contribution is 0.000673. The molecule has 0 radical (unpaired) electrons. The summed E-state index contributed by atoms with van der Waals surface area (Å²) in [6, 6.07) is 11.2. The number of urea groups is 1. The number of alkyl halides is 2. The van der Waals surface area contributed by atoms with Crippen molar-refractivity contribution in [2.45, 2.75) is 31.9 Å². The number of carbonyl (C=O) groups is 1. The minimum Gasteiger partial charge on any atom is -0.369 e. The lowest BCUT2D eigenvalue weighted by Crippen LogP contribution is -2.40. The zero-order valence-electron chi connectivity index (χ0n) is 14.8. The molecule has 1 saturated heterocycles. The minimum absolute atomic E-state index is 0.0304. The molecule has 2 N–H and O–H groups in total. The van der Waals surface area contributed by atoms with Gasteiger partial charge in [-0.3, -0.25) is 10.00 Å². The number of nitriles is 1. The highest BCUT2D eigenvalue weighted by atomic mass is 19.3. The average Bonchev–Trinajstić information content (AvgIpc) is 3.21. The Balaban J connectivity index is 1.58. The summed E-state index contributed by atoms with van der Waals surface area (Å²) in [5.74, 6) is -3.00. The predicted molar refractivity (Wildman–Crippen MR) is 96.8 cm³/mol. The van der Waals surface area contributed by atoms with E-state index in [4.69, 9.17) is 5.26 Å². The first-order valence-electron chi connectivity index (χ1n) is 8.57. The molecule has 1 unspecified atom stereocenters. The smallest absolute Gasteiger partial charge is 0.320 e. The second kappa shape index (κ2) is 7.61. The van der Waals surface area contributed by atoms with E-state index in [9.17, 15) is 13.6 Å². The number of halogens is 2. The van der Waals surface area contributed by atoms with Gasteiger partial charge >= 0.3 is 6.03 Å². The molecule has 1 aromatic carbocycles. The van der Waals surface area contributed by atoms with Gasteiger partial charge in [0.15, 0.2) is 5.82 Å². The van der Waals surface area contributed by atoms with E-state index in [1.54, 1.807) is 0 Å². The Hall–Kier alpha value is -3.15. The van der Waals surface area contributed by atoms with E-state index in [0.717, 1.165) is 30.3 Å². The Bertz CT molecular complexity index is 840. The van der Waals surface area contributed by atoms with Crippen molar-refractivity contribution in [3.05, 3.63) is 42.1 Å². The van der Waals surface area contributed by atoms with Gasteiger partial charge in [0, 0.05) is 37.9 Å². The molecule has 9 heteroatoms. The first-order valence-corrected chi connectivity index (χ1v) is 8.57. The third-order valence-electron chi connectivity index (χ3n) is 4.20. The molecule has 1 atom stereocenters. The Kier molecular flexibility index (Phi) is 5.26. The molecule has 142 valence electrons. The number of amides is 2. The molecule has 2 amide bonds. The Labute approximate surface area is 155 Å². The van der Waals surface area contributed by atoms with E-state index in [-0.39, 0.29) is 17.4 Å². The van der Waals surface area contributed by atoms with Crippen LogP contribution in [0, 0.1) is 11.3 Å². The standard InChI is InChI=1S/C18H20F2N6O/c1-18(19,20)12-26-10-13(9-21)16(24-26)23-17(27)22-14-7-8-25(11-14)15-5-3-2-4-6-15/h2-6,10,14H,7-8,11-12H2,1H3,(H2,22,23,24,27). The molecule has 0 aliphatic carbocycles. The fourth-order valence-electron chi connectivity index (χ4n) is 3.04. The number of anilines is 2. The molecule has 2 heterocycles. The molecule has 1 fully saturated rings. The number of rotatable bonds is 5. The van der Waals surface area contributed by atoms with Gasteiger partial charge in [-0.15, -0.1) is 0 Å². The van der Waals surface area contributed by atoms with Crippen molar-refractivity contribution in [3.63, 3.8) is 0 Å². The van der Waals surface area contributed by atoms with Crippen molar-refractivity contribution >= 4 is 17.5 Å². The van der Waals surface area contributed by atoms with Crippen LogP contribution in [0.15, 0.2) is 36.5 Å². The van der Waals surface area contributed by atoms with Gasteiger partial charge in [0.05, 0.1) is 0 Å². The first-order chi connectivity index (χ1) is 12.8. The average molecular weight is 374 g/mol. The molecule has 1 aliphatic rings. The maximum Gasteiger partial charge on any atom is 0.320 e. The van der Waals surface area contributed by atoms with Crippen LogP contribution < -0.4 is 15.5 Å². The zero-order valence-corrected chi connectivity index (χ0v) is 14.8. The van der Waals surface area contributed by atoms with E-state index >= 15 is 0 Å². The molecule has 3 rings (SSSR count). The summed E-state index contributed by atoms with van der Waals surface area (Å²) in [5, 5.41) is 18.3. The molecule has 27 heavy (non-hydrogen) atoms. The van der Waals surface area contributed by atoms with Crippen LogP contribution in [0.3, 0.4) is 0 Å². The predicted octanol–water partition coefficient (Wildman–Crippen LogP) is 2.81. The van der Waals surface area contributed by atoms with Crippen molar-refractivity contribution in [1.29, 1.82) is 5.26 Å². The molecule has 0 saturated carbocycles. The van der Waals surface area contributed by atoms with Crippen LogP contribution in [-0.4, -0.2) is 40.9 Å². The maximum atomic E-state index is 13.1. The fourth-order valence-corrected chi connectivity index (χ4v) is 3.04. The summed E-state index contributed by atoms with van der Waals surface area (Å²) >= 11 is 0. The van der Waals surface area contributed by atoms with Gasteiger partial charge in [0.25, 0.3) is 5.92 Å². The third kappa shape index (κ3) is 4.94. The summed E-state index contributed by atoms with van der Waals surface area (Å²) in [4.78, 5) is 14.4. The lowest BCUT2D eigenvalue weighted by atomic mass is 10.3. The van der Waals surface area contributed by atoms with Crippen LogP contribution >= 0.6 is 0 Å². The topological polar surface area (TPSA) is 86.0 Å². The quantitative estimate of drug-likeness (QED) is 0.843. The lowest BCUT2D eigenvalue weighted by Gasteiger charge is -2.19. The van der Waals surface area contributed by atoms with Crippen molar-refractivity contribution in [2.75, 3.05) is 23.3 Å². The van der Waals surface area contributed by atoms with E-state index in [1.165, 1.54) is 6.20 Å². The second-order valence-electron chi connectivity index (χ2n) is 6.64. The Morgan fingerprint density at radius 1 is 1.41 bits per heavy atom. The van der Waals surface area contributed by atoms with Crippen molar-refractivity contribution < 1.29 is 13.6 Å². The highest BCUT2D eigenvalue weighted by Crippen LogP contribution is 2.20. The summed E-state index contributed by atoms with van der Waals surface area (Å²) < 4.78 is 27.2. The molecule has 0 bridgehead atoms. The van der Waals surface area contributed by atoms with Gasteiger partial charge in [-0.25, -0.2) is 13.6 Å². The normalized spacial score (nSPS) is 16.8. The summed E-state index contributed by atoms with van der Waals surface area (Å²) in [5.41, 5.74) is 1.12. The number of para-hydroxylation sites is 1. The van der Waals surface area contributed by atoms with Gasteiger partial charge in [-0.1, -0.05) is 18.2 Å². The second-order valence-corrected chi connectivity index (χ2v) is 6.64. The number of nitrogens with one attached hydrogen (secondary N) is 2. The van der Waals surface area contributed by atoms with Crippen molar-refractivity contribution in [2.24, 2.45) is 0 Å². The van der Waals surface area contributed by atoms with Gasteiger partial charge in [0.1, 0.15) is 18.2 Å². The maximum absolute atomic E-state index is 13.1. The number of hydrogen-bond donors (Lipinski definition) is 2. The van der Waals surface area contributed by atoms with Crippen LogP contribution in [0.25, 0.3) is 0 Å². The van der Waals surface area contributed by atoms with E-state index in [0.29, 0.717) is 6.54 Å². The summed E-state index contributed by atoms with van der Waals surface area (Å²) in [7, 11) is 0. The molecule has 1 aromatic heterocycles.